The summed E-state index contributed by atoms with van der Waals surface area (Å²) in [7, 11) is 7.92. The second kappa shape index (κ2) is 8.68. The predicted molar refractivity (Wildman–Crippen MR) is 122 cm³/mol. The lowest BCUT2D eigenvalue weighted by atomic mass is 10.1. The molecule has 0 bridgehead atoms. The Hall–Kier alpha value is -2.91. The van der Waals surface area contributed by atoms with Crippen LogP contribution in [-0.4, -0.2) is 73.7 Å². The fraction of sp³-hybridized carbons (Fsp3) is 0.409. The van der Waals surface area contributed by atoms with E-state index in [0.717, 1.165) is 39.6 Å². The highest BCUT2D eigenvalue weighted by Gasteiger charge is 2.22. The van der Waals surface area contributed by atoms with Crippen LogP contribution in [-0.2, 0) is 6.54 Å². The maximum Gasteiger partial charge on any atom is 0.273 e. The first-order valence-corrected chi connectivity index (χ1v) is 11.0. The van der Waals surface area contributed by atoms with Crippen molar-refractivity contribution in [1.82, 2.24) is 19.8 Å². The monoisotopic (exact) mass is 441 g/mol. The van der Waals surface area contributed by atoms with E-state index in [4.69, 9.17) is 14.5 Å². The van der Waals surface area contributed by atoms with Crippen molar-refractivity contribution < 1.29 is 14.3 Å². The summed E-state index contributed by atoms with van der Waals surface area (Å²) >= 11 is 1.49. The molecule has 1 aromatic carbocycles. The molecular weight excluding hydrogens is 414 g/mol. The third-order valence-electron chi connectivity index (χ3n) is 5.09. The van der Waals surface area contributed by atoms with Gasteiger partial charge in [-0.1, -0.05) is 0 Å². The molecule has 0 spiro atoms. The number of hydrogen-bond donors (Lipinski definition) is 0. The molecule has 1 amide bonds. The third-order valence-corrected chi connectivity index (χ3v) is 5.87. The number of anilines is 1. The predicted octanol–water partition coefficient (Wildman–Crippen LogP) is 3.00. The Kier molecular flexibility index (Phi) is 5.97. The Labute approximate surface area is 186 Å². The van der Waals surface area contributed by atoms with Gasteiger partial charge in [-0.2, -0.15) is 0 Å². The van der Waals surface area contributed by atoms with Crippen LogP contribution >= 0.6 is 11.3 Å². The quantitative estimate of drug-likeness (QED) is 0.558. The summed E-state index contributed by atoms with van der Waals surface area (Å²) in [5, 5.41) is 3.66. The number of rotatable bonds is 7. The first-order chi connectivity index (χ1) is 14.8. The minimum Gasteiger partial charge on any atom is -0.454 e. The highest BCUT2D eigenvalue weighted by Crippen LogP contribution is 2.37. The average molecular weight is 442 g/mol. The standard InChI is InChI=1S/C22H27N5O3S/c1-14-23-18(12-31-14)22(28)27(7-6-25(2)3)11-16-8-15-9-19-20(30-13-29-19)10-17(15)24-21(16)26(4)5/h8-10,12H,6-7,11,13H2,1-5H3. The van der Waals surface area contributed by atoms with E-state index in [1.54, 1.807) is 0 Å². The molecule has 31 heavy (non-hydrogen) atoms. The molecule has 3 aromatic rings. The van der Waals surface area contributed by atoms with Gasteiger partial charge in [-0.15, -0.1) is 11.3 Å². The van der Waals surface area contributed by atoms with E-state index in [0.29, 0.717) is 24.5 Å². The van der Waals surface area contributed by atoms with Gasteiger partial charge in [0, 0.05) is 56.1 Å². The van der Waals surface area contributed by atoms with Crippen LogP contribution in [0.1, 0.15) is 21.1 Å². The largest absolute Gasteiger partial charge is 0.454 e. The second-order valence-corrected chi connectivity index (χ2v) is 9.11. The Morgan fingerprint density at radius 3 is 2.45 bits per heavy atom. The molecule has 0 fully saturated rings. The minimum atomic E-state index is -0.0679. The number of aryl methyl sites for hydroxylation is 1. The molecular formula is C22H27N5O3S. The van der Waals surface area contributed by atoms with Gasteiger partial charge in [0.25, 0.3) is 5.91 Å². The molecule has 1 aliphatic rings. The summed E-state index contributed by atoms with van der Waals surface area (Å²) < 4.78 is 11.0. The van der Waals surface area contributed by atoms with Gasteiger partial charge in [0.2, 0.25) is 6.79 Å². The van der Waals surface area contributed by atoms with E-state index < -0.39 is 0 Å². The highest BCUT2D eigenvalue weighted by atomic mass is 32.1. The molecule has 0 unspecified atom stereocenters. The lowest BCUT2D eigenvalue weighted by molar-refractivity contribution is 0.0727. The lowest BCUT2D eigenvalue weighted by Gasteiger charge is -2.26. The molecule has 1 aliphatic heterocycles. The fourth-order valence-corrected chi connectivity index (χ4v) is 4.09. The molecule has 0 radical (unpaired) electrons. The summed E-state index contributed by atoms with van der Waals surface area (Å²) in [6.07, 6.45) is 0. The van der Waals surface area contributed by atoms with Crippen LogP contribution < -0.4 is 14.4 Å². The van der Waals surface area contributed by atoms with Crippen molar-refractivity contribution in [1.29, 1.82) is 0 Å². The summed E-state index contributed by atoms with van der Waals surface area (Å²) in [5.41, 5.74) is 2.29. The van der Waals surface area contributed by atoms with Crippen LogP contribution in [0.5, 0.6) is 11.5 Å². The van der Waals surface area contributed by atoms with E-state index in [1.807, 2.05) is 62.4 Å². The number of amides is 1. The molecule has 9 heteroatoms. The summed E-state index contributed by atoms with van der Waals surface area (Å²) in [6.45, 7) is 3.92. The molecule has 0 saturated carbocycles. The first-order valence-electron chi connectivity index (χ1n) is 10.1. The number of ether oxygens (including phenoxy) is 2. The highest BCUT2D eigenvalue weighted by molar-refractivity contribution is 7.09. The van der Waals surface area contributed by atoms with E-state index in [-0.39, 0.29) is 12.7 Å². The van der Waals surface area contributed by atoms with Gasteiger partial charge in [0.05, 0.1) is 10.5 Å². The van der Waals surface area contributed by atoms with Crippen LogP contribution in [0.15, 0.2) is 23.6 Å². The topological polar surface area (TPSA) is 71.0 Å². The second-order valence-electron chi connectivity index (χ2n) is 8.05. The molecule has 0 saturated heterocycles. The molecule has 0 N–H and O–H groups in total. The maximum absolute atomic E-state index is 13.3. The zero-order valence-electron chi connectivity index (χ0n) is 18.5. The van der Waals surface area contributed by atoms with Gasteiger partial charge in [-0.05, 0) is 33.2 Å². The molecule has 2 aromatic heterocycles. The number of carbonyl (C=O) groups is 1. The number of likely N-dealkylation sites (N-methyl/N-ethyl adjacent to an activating group) is 1. The van der Waals surface area contributed by atoms with Crippen LogP contribution in [0, 0.1) is 6.92 Å². The first kappa shape index (κ1) is 21.3. The summed E-state index contributed by atoms with van der Waals surface area (Å²) in [4.78, 5) is 28.4. The third kappa shape index (κ3) is 4.57. The van der Waals surface area contributed by atoms with Crippen LogP contribution in [0.2, 0.25) is 0 Å². The maximum atomic E-state index is 13.3. The van der Waals surface area contributed by atoms with Crippen molar-refractivity contribution in [3.8, 4) is 11.5 Å². The number of aromatic nitrogens is 2. The molecule has 164 valence electrons. The van der Waals surface area contributed by atoms with Gasteiger partial charge in [-0.3, -0.25) is 4.79 Å². The van der Waals surface area contributed by atoms with E-state index in [2.05, 4.69) is 16.0 Å². The van der Waals surface area contributed by atoms with Crippen molar-refractivity contribution in [2.45, 2.75) is 13.5 Å². The Bertz CT molecular complexity index is 1110. The Morgan fingerprint density at radius 2 is 1.81 bits per heavy atom. The Morgan fingerprint density at radius 1 is 1.06 bits per heavy atom. The fourth-order valence-electron chi connectivity index (χ4n) is 3.50. The summed E-state index contributed by atoms with van der Waals surface area (Å²) in [6, 6.07) is 5.94. The lowest BCUT2D eigenvalue weighted by Crippen LogP contribution is -2.37. The number of pyridine rings is 1. The van der Waals surface area contributed by atoms with Crippen LogP contribution in [0.25, 0.3) is 10.9 Å². The molecule has 4 rings (SSSR count). The number of carbonyl (C=O) groups excluding carboxylic acids is 1. The van der Waals surface area contributed by atoms with Crippen molar-refractivity contribution in [2.24, 2.45) is 0 Å². The minimum absolute atomic E-state index is 0.0679. The average Bonchev–Trinajstić information content (AvgIpc) is 3.36. The SMILES string of the molecule is Cc1nc(C(=O)N(CCN(C)C)Cc2cc3cc4c(cc3nc2N(C)C)OCO4)cs1. The molecule has 0 atom stereocenters. The number of thiazole rings is 1. The van der Waals surface area contributed by atoms with Gasteiger partial charge in [0.1, 0.15) is 11.5 Å². The Balaban J connectivity index is 1.71. The van der Waals surface area contributed by atoms with E-state index >= 15 is 0 Å². The number of hydrogen-bond acceptors (Lipinski definition) is 8. The van der Waals surface area contributed by atoms with Gasteiger partial charge in [0.15, 0.2) is 11.5 Å². The molecule has 3 heterocycles. The zero-order valence-corrected chi connectivity index (χ0v) is 19.3. The van der Waals surface area contributed by atoms with Gasteiger partial charge >= 0.3 is 0 Å². The molecule has 0 aliphatic carbocycles. The van der Waals surface area contributed by atoms with Crippen molar-refractivity contribution in [3.63, 3.8) is 0 Å². The molecule has 8 nitrogen and oxygen atoms in total. The van der Waals surface area contributed by atoms with Crippen molar-refractivity contribution >= 4 is 34.0 Å². The number of nitrogens with zero attached hydrogens (tertiary/aromatic N) is 5. The van der Waals surface area contributed by atoms with E-state index in [9.17, 15) is 4.79 Å². The van der Waals surface area contributed by atoms with Crippen LogP contribution in [0.3, 0.4) is 0 Å². The van der Waals surface area contributed by atoms with Crippen LogP contribution in [0.4, 0.5) is 5.82 Å². The summed E-state index contributed by atoms with van der Waals surface area (Å²) in [5.74, 6) is 2.18. The smallest absolute Gasteiger partial charge is 0.273 e. The van der Waals surface area contributed by atoms with Crippen molar-refractivity contribution in [2.75, 3.05) is 53.0 Å². The normalized spacial score (nSPS) is 12.6. The van der Waals surface area contributed by atoms with E-state index in [1.165, 1.54) is 11.3 Å². The number of benzene rings is 1. The number of fused-ring (bicyclic) bond motifs is 2. The zero-order chi connectivity index (χ0) is 22.1. The van der Waals surface area contributed by atoms with Gasteiger partial charge < -0.3 is 24.2 Å². The van der Waals surface area contributed by atoms with Gasteiger partial charge in [-0.25, -0.2) is 9.97 Å². The van der Waals surface area contributed by atoms with Crippen molar-refractivity contribution in [3.05, 3.63) is 39.8 Å².